The summed E-state index contributed by atoms with van der Waals surface area (Å²) in [6.45, 7) is 8.22. The molecule has 20 heavy (non-hydrogen) atoms. The topological polar surface area (TPSA) is 56.0 Å². The summed E-state index contributed by atoms with van der Waals surface area (Å²) in [5.74, 6) is -0.0687. The van der Waals surface area contributed by atoms with Crippen LogP contribution in [0, 0.1) is 6.92 Å². The van der Waals surface area contributed by atoms with Gasteiger partial charge in [-0.15, -0.1) is 0 Å². The highest BCUT2D eigenvalue weighted by Gasteiger charge is 2.16. The van der Waals surface area contributed by atoms with E-state index in [4.69, 9.17) is 0 Å². The molecule has 0 saturated carbocycles. The van der Waals surface area contributed by atoms with Crippen molar-refractivity contribution in [3.8, 4) is 0 Å². The highest BCUT2D eigenvalue weighted by molar-refractivity contribution is 5.91. The summed E-state index contributed by atoms with van der Waals surface area (Å²) >= 11 is 0. The van der Waals surface area contributed by atoms with Crippen molar-refractivity contribution in [3.63, 3.8) is 0 Å². The molecule has 108 valence electrons. The van der Waals surface area contributed by atoms with Crippen molar-refractivity contribution in [2.45, 2.75) is 40.4 Å². The van der Waals surface area contributed by atoms with Crippen molar-refractivity contribution in [3.05, 3.63) is 35.4 Å². The zero-order chi connectivity index (χ0) is 14.7. The molecule has 1 amide bonds. The van der Waals surface area contributed by atoms with Gasteiger partial charge in [0.25, 0.3) is 5.91 Å². The predicted octanol–water partition coefficient (Wildman–Crippen LogP) is 1.70. The largest absolute Gasteiger partial charge is 0.336 e. The Bertz CT molecular complexity index is 598. The molecule has 0 aliphatic heterocycles. The average molecular weight is 275 g/mol. The number of hydrogen-bond acceptors (Lipinski definition) is 3. The van der Waals surface area contributed by atoms with Gasteiger partial charge in [0.2, 0.25) is 0 Å². The second kappa shape index (κ2) is 5.90. The second-order valence-electron chi connectivity index (χ2n) is 4.79. The molecule has 0 saturated heterocycles. The lowest BCUT2D eigenvalue weighted by Gasteiger charge is -2.15. The van der Waals surface area contributed by atoms with Crippen molar-refractivity contribution < 1.29 is 4.79 Å². The molecular formula is C14H21N5O. The van der Waals surface area contributed by atoms with Gasteiger partial charge in [0.15, 0.2) is 0 Å². The molecule has 0 aliphatic carbocycles. The van der Waals surface area contributed by atoms with Crippen LogP contribution in [0.25, 0.3) is 0 Å². The van der Waals surface area contributed by atoms with Crippen LogP contribution < -0.4 is 0 Å². The molecule has 0 unspecified atom stereocenters. The fraction of sp³-hybridized carbons (Fsp3) is 0.500. The van der Waals surface area contributed by atoms with E-state index in [2.05, 4.69) is 17.1 Å². The number of amides is 1. The van der Waals surface area contributed by atoms with Crippen LogP contribution in [-0.2, 0) is 19.6 Å². The molecule has 2 heterocycles. The van der Waals surface area contributed by atoms with Gasteiger partial charge in [0, 0.05) is 44.1 Å². The summed E-state index contributed by atoms with van der Waals surface area (Å²) in [4.78, 5) is 14.0. The number of nitrogens with zero attached hydrogens (tertiary/aromatic N) is 5. The van der Waals surface area contributed by atoms with Gasteiger partial charge in [-0.2, -0.15) is 10.2 Å². The van der Waals surface area contributed by atoms with E-state index in [9.17, 15) is 4.79 Å². The van der Waals surface area contributed by atoms with Crippen molar-refractivity contribution in [2.24, 2.45) is 0 Å². The van der Waals surface area contributed by atoms with Crippen molar-refractivity contribution in [2.75, 3.05) is 7.05 Å². The average Bonchev–Trinajstić information content (AvgIpc) is 3.05. The SMILES string of the molecule is CCn1ccc(C(=O)N(C)Cc2cnn(CC)c2C)n1. The molecule has 0 fully saturated rings. The Morgan fingerprint density at radius 2 is 2.10 bits per heavy atom. The van der Waals surface area contributed by atoms with Gasteiger partial charge in [-0.05, 0) is 26.8 Å². The van der Waals surface area contributed by atoms with Gasteiger partial charge in [0.05, 0.1) is 6.20 Å². The van der Waals surface area contributed by atoms with Crippen LogP contribution in [0.1, 0.15) is 35.6 Å². The van der Waals surface area contributed by atoms with Crippen LogP contribution in [0.4, 0.5) is 0 Å². The molecule has 0 atom stereocenters. The van der Waals surface area contributed by atoms with Gasteiger partial charge in [-0.25, -0.2) is 0 Å². The number of carbonyl (C=O) groups excluding carboxylic acids is 1. The minimum absolute atomic E-state index is 0.0687. The lowest BCUT2D eigenvalue weighted by atomic mass is 10.2. The van der Waals surface area contributed by atoms with Crippen LogP contribution in [0.5, 0.6) is 0 Å². The van der Waals surface area contributed by atoms with Crippen LogP contribution in [0.3, 0.4) is 0 Å². The first-order valence-electron chi connectivity index (χ1n) is 6.87. The fourth-order valence-electron chi connectivity index (χ4n) is 2.13. The Labute approximate surface area is 119 Å². The van der Waals surface area contributed by atoms with E-state index >= 15 is 0 Å². The zero-order valence-corrected chi connectivity index (χ0v) is 12.5. The van der Waals surface area contributed by atoms with Gasteiger partial charge in [0.1, 0.15) is 5.69 Å². The van der Waals surface area contributed by atoms with Crippen molar-refractivity contribution in [1.82, 2.24) is 24.5 Å². The number of rotatable bonds is 5. The maximum absolute atomic E-state index is 12.3. The maximum atomic E-state index is 12.3. The summed E-state index contributed by atoms with van der Waals surface area (Å²) < 4.78 is 3.68. The van der Waals surface area contributed by atoms with E-state index in [1.807, 2.05) is 30.9 Å². The molecule has 2 aromatic rings. The lowest BCUT2D eigenvalue weighted by Crippen LogP contribution is -2.27. The van der Waals surface area contributed by atoms with Gasteiger partial charge < -0.3 is 4.90 Å². The molecule has 2 aromatic heterocycles. The Balaban J connectivity index is 2.09. The molecule has 6 nitrogen and oxygen atoms in total. The Hall–Kier alpha value is -2.11. The zero-order valence-electron chi connectivity index (χ0n) is 12.5. The Kier molecular flexibility index (Phi) is 4.22. The summed E-state index contributed by atoms with van der Waals surface area (Å²) in [5, 5.41) is 8.54. The molecular weight excluding hydrogens is 254 g/mol. The minimum atomic E-state index is -0.0687. The molecule has 2 rings (SSSR count). The standard InChI is InChI=1S/C14H21N5O/c1-5-18-8-7-13(16-18)14(20)17(4)10-12-9-15-19(6-2)11(12)3/h7-9H,5-6,10H2,1-4H3. The highest BCUT2D eigenvalue weighted by atomic mass is 16.2. The van der Waals surface area contributed by atoms with Gasteiger partial charge in [-0.3, -0.25) is 14.2 Å². The molecule has 0 aliphatic rings. The quantitative estimate of drug-likeness (QED) is 0.834. The first-order valence-corrected chi connectivity index (χ1v) is 6.87. The van der Waals surface area contributed by atoms with Crippen LogP contribution in [0.15, 0.2) is 18.5 Å². The van der Waals surface area contributed by atoms with Crippen LogP contribution in [0.2, 0.25) is 0 Å². The third kappa shape index (κ3) is 2.74. The summed E-state index contributed by atoms with van der Waals surface area (Å²) in [6.07, 6.45) is 3.65. The van der Waals surface area contributed by atoms with E-state index in [0.29, 0.717) is 12.2 Å². The molecule has 0 N–H and O–H groups in total. The van der Waals surface area contributed by atoms with E-state index in [-0.39, 0.29) is 5.91 Å². The monoisotopic (exact) mass is 275 g/mol. The second-order valence-corrected chi connectivity index (χ2v) is 4.79. The third-order valence-corrected chi connectivity index (χ3v) is 3.44. The van der Waals surface area contributed by atoms with E-state index < -0.39 is 0 Å². The highest BCUT2D eigenvalue weighted by Crippen LogP contribution is 2.11. The Morgan fingerprint density at radius 3 is 2.65 bits per heavy atom. The maximum Gasteiger partial charge on any atom is 0.274 e. The lowest BCUT2D eigenvalue weighted by molar-refractivity contribution is 0.0778. The normalized spacial score (nSPS) is 10.8. The van der Waals surface area contributed by atoms with E-state index in [1.165, 1.54) is 0 Å². The molecule has 0 radical (unpaired) electrons. The van der Waals surface area contributed by atoms with Crippen molar-refractivity contribution in [1.29, 1.82) is 0 Å². The molecule has 6 heteroatoms. The number of hydrogen-bond donors (Lipinski definition) is 0. The predicted molar refractivity (Wildman–Crippen MR) is 76.3 cm³/mol. The smallest absolute Gasteiger partial charge is 0.274 e. The van der Waals surface area contributed by atoms with E-state index in [0.717, 1.165) is 24.3 Å². The van der Waals surface area contributed by atoms with Gasteiger partial charge >= 0.3 is 0 Å². The fourth-order valence-corrected chi connectivity index (χ4v) is 2.13. The number of aryl methyl sites for hydroxylation is 2. The third-order valence-electron chi connectivity index (χ3n) is 3.44. The van der Waals surface area contributed by atoms with Crippen molar-refractivity contribution >= 4 is 5.91 Å². The summed E-state index contributed by atoms with van der Waals surface area (Å²) in [6, 6.07) is 1.75. The molecule has 0 bridgehead atoms. The number of aromatic nitrogens is 4. The van der Waals surface area contributed by atoms with Gasteiger partial charge in [-0.1, -0.05) is 0 Å². The van der Waals surface area contributed by atoms with Crippen LogP contribution in [-0.4, -0.2) is 37.4 Å². The Morgan fingerprint density at radius 1 is 1.35 bits per heavy atom. The molecule has 0 spiro atoms. The van der Waals surface area contributed by atoms with Crippen LogP contribution >= 0.6 is 0 Å². The summed E-state index contributed by atoms with van der Waals surface area (Å²) in [5.41, 5.74) is 2.65. The minimum Gasteiger partial charge on any atom is -0.336 e. The first kappa shape index (κ1) is 14.3. The first-order chi connectivity index (χ1) is 9.56. The van der Waals surface area contributed by atoms with E-state index in [1.54, 1.807) is 22.7 Å². The number of carbonyl (C=O) groups is 1. The summed E-state index contributed by atoms with van der Waals surface area (Å²) in [7, 11) is 1.79. The molecule has 0 aromatic carbocycles.